The third kappa shape index (κ3) is 5.47. The number of hydrogen-bond donors (Lipinski definition) is 1. The largest absolute Gasteiger partial charge is 0.467 e. The summed E-state index contributed by atoms with van der Waals surface area (Å²) in [5.41, 5.74) is 2.14. The number of benzene rings is 2. The Morgan fingerprint density at radius 2 is 1.95 bits per heavy atom. The number of thioether (sulfide) groups is 1. The first-order chi connectivity index (χ1) is 18.5. The number of carbonyl (C=O) groups excluding carboxylic acids is 1. The number of aromatic nitrogens is 4. The maximum atomic E-state index is 13.6. The molecule has 0 aliphatic rings. The maximum Gasteiger partial charge on any atom is 0.293 e. The zero-order valence-corrected chi connectivity index (χ0v) is 21.0. The molecule has 0 radical (unpaired) electrons. The third-order valence-corrected chi connectivity index (χ3v) is 6.94. The highest BCUT2D eigenvalue weighted by Crippen LogP contribution is 2.38. The topological polar surface area (TPSA) is 129 Å². The van der Waals surface area contributed by atoms with Crippen LogP contribution in [-0.4, -0.2) is 30.6 Å². The van der Waals surface area contributed by atoms with Gasteiger partial charge in [-0.3, -0.25) is 24.5 Å². The summed E-state index contributed by atoms with van der Waals surface area (Å²) in [5.74, 6) is 0.829. The minimum atomic E-state index is -0.779. The first kappa shape index (κ1) is 24.9. The van der Waals surface area contributed by atoms with Gasteiger partial charge in [0.2, 0.25) is 5.91 Å². The van der Waals surface area contributed by atoms with Gasteiger partial charge < -0.3 is 9.73 Å². The van der Waals surface area contributed by atoms with Crippen LogP contribution < -0.4 is 5.32 Å². The second kappa shape index (κ2) is 11.1. The number of aryl methyl sites for hydroxylation is 1. The van der Waals surface area contributed by atoms with Crippen LogP contribution in [-0.2, 0) is 11.3 Å². The number of hydrogen-bond acceptors (Lipinski definition) is 8. The molecule has 3 aromatic heterocycles. The van der Waals surface area contributed by atoms with E-state index in [0.717, 1.165) is 11.1 Å². The minimum Gasteiger partial charge on any atom is -0.467 e. The van der Waals surface area contributed by atoms with Crippen molar-refractivity contribution in [3.63, 3.8) is 0 Å². The summed E-state index contributed by atoms with van der Waals surface area (Å²) in [5, 5.41) is 22.9. The van der Waals surface area contributed by atoms with E-state index in [0.29, 0.717) is 28.8 Å². The van der Waals surface area contributed by atoms with Gasteiger partial charge in [0.25, 0.3) is 5.69 Å². The second-order valence-corrected chi connectivity index (χ2v) is 9.46. The van der Waals surface area contributed by atoms with Gasteiger partial charge in [-0.2, -0.15) is 0 Å². The van der Waals surface area contributed by atoms with Crippen LogP contribution in [0.1, 0.15) is 22.1 Å². The van der Waals surface area contributed by atoms with Crippen molar-refractivity contribution >= 4 is 29.0 Å². The number of amides is 1. The van der Waals surface area contributed by atoms with Crippen molar-refractivity contribution in [1.82, 2.24) is 19.7 Å². The lowest BCUT2D eigenvalue weighted by atomic mass is 10.1. The molecule has 0 saturated heterocycles. The highest BCUT2D eigenvalue weighted by atomic mass is 32.2. The Morgan fingerprint density at radius 1 is 1.11 bits per heavy atom. The second-order valence-electron chi connectivity index (χ2n) is 8.39. The fourth-order valence-corrected chi connectivity index (χ4v) is 4.92. The van der Waals surface area contributed by atoms with E-state index in [1.807, 2.05) is 53.1 Å². The number of nitrogens with zero attached hydrogens (tertiary/aromatic N) is 5. The Morgan fingerprint density at radius 3 is 2.66 bits per heavy atom. The van der Waals surface area contributed by atoms with Crippen LogP contribution in [0.2, 0.25) is 0 Å². The van der Waals surface area contributed by atoms with E-state index in [1.165, 1.54) is 23.9 Å². The summed E-state index contributed by atoms with van der Waals surface area (Å²) >= 11 is 1.20. The molecule has 5 rings (SSSR count). The number of nitro groups is 1. The van der Waals surface area contributed by atoms with Gasteiger partial charge in [0.1, 0.15) is 16.7 Å². The fourth-order valence-electron chi connectivity index (χ4n) is 3.89. The van der Waals surface area contributed by atoms with Crippen LogP contribution in [0.15, 0.2) is 101 Å². The summed E-state index contributed by atoms with van der Waals surface area (Å²) in [6.45, 7) is 2.09. The van der Waals surface area contributed by atoms with Gasteiger partial charge in [0.15, 0.2) is 11.0 Å². The molecule has 0 bridgehead atoms. The number of carbonyl (C=O) groups is 1. The highest BCUT2D eigenvalue weighted by molar-refractivity contribution is 8.00. The molecule has 190 valence electrons. The summed E-state index contributed by atoms with van der Waals surface area (Å²) in [7, 11) is 0. The molecule has 2 aromatic carbocycles. The van der Waals surface area contributed by atoms with Gasteiger partial charge in [-0.1, -0.05) is 48.2 Å². The van der Waals surface area contributed by atoms with E-state index >= 15 is 0 Å². The van der Waals surface area contributed by atoms with Crippen LogP contribution in [0.5, 0.6) is 0 Å². The molecule has 0 spiro atoms. The number of nitrogens with one attached hydrogen (secondary N) is 1. The molecule has 11 heteroatoms. The van der Waals surface area contributed by atoms with Crippen LogP contribution >= 0.6 is 11.8 Å². The summed E-state index contributed by atoms with van der Waals surface area (Å²) in [6.07, 6.45) is 4.95. The van der Waals surface area contributed by atoms with Crippen molar-refractivity contribution in [2.24, 2.45) is 0 Å². The zero-order valence-electron chi connectivity index (χ0n) is 20.2. The van der Waals surface area contributed by atoms with Gasteiger partial charge in [0, 0.05) is 24.0 Å². The normalized spacial score (nSPS) is 11.7. The van der Waals surface area contributed by atoms with Crippen LogP contribution in [0.25, 0.3) is 11.4 Å². The summed E-state index contributed by atoms with van der Waals surface area (Å²) in [4.78, 5) is 29.0. The van der Waals surface area contributed by atoms with Crippen LogP contribution in [0, 0.1) is 17.0 Å². The van der Waals surface area contributed by atoms with E-state index in [4.69, 9.17) is 4.42 Å². The van der Waals surface area contributed by atoms with Crippen molar-refractivity contribution in [2.75, 3.05) is 5.32 Å². The van der Waals surface area contributed by atoms with Gasteiger partial charge in [0.05, 0.1) is 17.7 Å². The molecule has 0 saturated carbocycles. The number of furan rings is 1. The number of anilines is 1. The molecule has 0 fully saturated rings. The van der Waals surface area contributed by atoms with Gasteiger partial charge >= 0.3 is 0 Å². The lowest BCUT2D eigenvalue weighted by Gasteiger charge is -2.17. The fraction of sp³-hybridized carbons (Fsp3) is 0.111. The van der Waals surface area contributed by atoms with E-state index in [1.54, 1.807) is 37.7 Å². The average molecular weight is 527 g/mol. The molecule has 1 atom stereocenters. The SMILES string of the molecule is Cc1ccc(NC(=O)C(Sc2nnc(-c3cccnc3)n2Cc2ccco2)c2ccccc2)c([N+](=O)[O-])c1. The molecule has 1 N–H and O–H groups in total. The Kier molecular flexibility index (Phi) is 7.27. The maximum absolute atomic E-state index is 13.6. The van der Waals surface area contributed by atoms with Crippen molar-refractivity contribution in [3.05, 3.63) is 118 Å². The molecule has 3 heterocycles. The molecule has 0 aliphatic heterocycles. The Hall–Kier alpha value is -4.77. The molecule has 1 amide bonds. The molecule has 38 heavy (non-hydrogen) atoms. The van der Waals surface area contributed by atoms with Crippen molar-refractivity contribution in [3.8, 4) is 11.4 Å². The smallest absolute Gasteiger partial charge is 0.293 e. The van der Waals surface area contributed by atoms with E-state index in [2.05, 4.69) is 20.5 Å². The number of nitro benzene ring substituents is 1. The molecular formula is C27H22N6O4S. The Balaban J connectivity index is 1.52. The minimum absolute atomic E-state index is 0.125. The van der Waals surface area contributed by atoms with Crippen LogP contribution in [0.4, 0.5) is 11.4 Å². The van der Waals surface area contributed by atoms with Gasteiger partial charge in [-0.05, 0) is 48.4 Å². The molecule has 10 nitrogen and oxygen atoms in total. The first-order valence-electron chi connectivity index (χ1n) is 11.6. The van der Waals surface area contributed by atoms with Crippen molar-refractivity contribution in [1.29, 1.82) is 0 Å². The van der Waals surface area contributed by atoms with E-state index in [9.17, 15) is 14.9 Å². The van der Waals surface area contributed by atoms with Crippen molar-refractivity contribution in [2.45, 2.75) is 23.9 Å². The first-order valence-corrected chi connectivity index (χ1v) is 12.5. The number of pyridine rings is 1. The summed E-state index contributed by atoms with van der Waals surface area (Å²) < 4.78 is 7.43. The molecule has 0 aliphatic carbocycles. The summed E-state index contributed by atoms with van der Waals surface area (Å²) in [6, 6.07) is 21.2. The lowest BCUT2D eigenvalue weighted by molar-refractivity contribution is -0.384. The predicted octanol–water partition coefficient (Wildman–Crippen LogP) is 5.67. The highest BCUT2D eigenvalue weighted by Gasteiger charge is 2.28. The lowest BCUT2D eigenvalue weighted by Crippen LogP contribution is -2.20. The molecule has 1 unspecified atom stereocenters. The average Bonchev–Trinajstić information content (AvgIpc) is 3.59. The monoisotopic (exact) mass is 526 g/mol. The van der Waals surface area contributed by atoms with Gasteiger partial charge in [-0.15, -0.1) is 10.2 Å². The van der Waals surface area contributed by atoms with E-state index in [-0.39, 0.29) is 11.4 Å². The third-order valence-electron chi connectivity index (χ3n) is 5.70. The zero-order chi connectivity index (χ0) is 26.5. The standard InChI is InChI=1S/C27H22N6O4S/c1-18-11-12-22(23(15-18)33(35)36)29-26(34)24(19-7-3-2-4-8-19)38-27-31-30-25(20-9-5-13-28-16-20)32(27)17-21-10-6-14-37-21/h2-16,24H,17H2,1H3,(H,29,34). The number of rotatable bonds is 9. The predicted molar refractivity (Wildman–Crippen MR) is 143 cm³/mol. The Labute approximate surface area is 221 Å². The molecular weight excluding hydrogens is 504 g/mol. The van der Waals surface area contributed by atoms with Crippen LogP contribution in [0.3, 0.4) is 0 Å². The molecule has 5 aromatic rings. The quantitative estimate of drug-likeness (QED) is 0.148. The van der Waals surface area contributed by atoms with E-state index < -0.39 is 16.1 Å². The van der Waals surface area contributed by atoms with Crippen molar-refractivity contribution < 1.29 is 14.1 Å². The van der Waals surface area contributed by atoms with Gasteiger partial charge in [-0.25, -0.2) is 0 Å². The Bertz CT molecular complexity index is 1560.